The van der Waals surface area contributed by atoms with E-state index >= 15 is 0 Å². The zero-order valence-electron chi connectivity index (χ0n) is 9.48. The number of hydrogen-bond acceptors (Lipinski definition) is 3. The monoisotopic (exact) mass is 249 g/mol. The van der Waals surface area contributed by atoms with Crippen molar-refractivity contribution in [1.82, 2.24) is 4.72 Å². The molecule has 6 heteroatoms. The van der Waals surface area contributed by atoms with Gasteiger partial charge in [-0.05, 0) is 12.8 Å². The molecule has 1 saturated carbocycles. The normalized spacial score (nSPS) is 20.6. The molecule has 0 saturated heterocycles. The molecule has 0 aromatic heterocycles. The van der Waals surface area contributed by atoms with Crippen LogP contribution in [0.1, 0.15) is 39.0 Å². The van der Waals surface area contributed by atoms with Gasteiger partial charge in [-0.25, -0.2) is 13.1 Å². The van der Waals surface area contributed by atoms with Gasteiger partial charge in [0.2, 0.25) is 10.0 Å². The standard InChI is InChI=1S/C10H19NO4S/c1-8(10(12)13)7-16(14,15)11-9-5-3-2-4-6-9/h8-9,11H,2-7H2,1H3,(H,12,13). The zero-order valence-corrected chi connectivity index (χ0v) is 10.3. The van der Waals surface area contributed by atoms with Crippen LogP contribution in [0.25, 0.3) is 0 Å². The highest BCUT2D eigenvalue weighted by Crippen LogP contribution is 2.18. The van der Waals surface area contributed by atoms with Gasteiger partial charge in [-0.3, -0.25) is 4.79 Å². The fourth-order valence-electron chi connectivity index (χ4n) is 1.92. The van der Waals surface area contributed by atoms with Crippen molar-refractivity contribution in [1.29, 1.82) is 0 Å². The minimum absolute atomic E-state index is 0.000236. The molecule has 0 heterocycles. The van der Waals surface area contributed by atoms with Crippen LogP contribution in [-0.4, -0.2) is 31.3 Å². The van der Waals surface area contributed by atoms with Crippen molar-refractivity contribution in [3.05, 3.63) is 0 Å². The minimum Gasteiger partial charge on any atom is -0.481 e. The van der Waals surface area contributed by atoms with Crippen LogP contribution in [0.4, 0.5) is 0 Å². The molecule has 0 aliphatic heterocycles. The lowest BCUT2D eigenvalue weighted by Gasteiger charge is -2.23. The van der Waals surface area contributed by atoms with E-state index in [0.29, 0.717) is 0 Å². The quantitative estimate of drug-likeness (QED) is 0.760. The Balaban J connectivity index is 2.47. The van der Waals surface area contributed by atoms with Crippen molar-refractivity contribution in [3.63, 3.8) is 0 Å². The van der Waals surface area contributed by atoms with Crippen molar-refractivity contribution < 1.29 is 18.3 Å². The molecule has 94 valence electrons. The number of sulfonamides is 1. The predicted molar refractivity (Wildman–Crippen MR) is 60.6 cm³/mol. The van der Waals surface area contributed by atoms with Crippen LogP contribution in [0.3, 0.4) is 0 Å². The highest BCUT2D eigenvalue weighted by Gasteiger charge is 2.24. The first-order valence-electron chi connectivity index (χ1n) is 5.63. The van der Waals surface area contributed by atoms with Crippen molar-refractivity contribution in [2.24, 2.45) is 5.92 Å². The van der Waals surface area contributed by atoms with Crippen LogP contribution in [0, 0.1) is 5.92 Å². The smallest absolute Gasteiger partial charge is 0.307 e. The fraction of sp³-hybridized carbons (Fsp3) is 0.900. The summed E-state index contributed by atoms with van der Waals surface area (Å²) < 4.78 is 25.9. The van der Waals surface area contributed by atoms with Crippen LogP contribution in [-0.2, 0) is 14.8 Å². The molecule has 1 unspecified atom stereocenters. The topological polar surface area (TPSA) is 83.5 Å². The van der Waals surface area contributed by atoms with Gasteiger partial charge < -0.3 is 5.11 Å². The van der Waals surface area contributed by atoms with Gasteiger partial charge in [0.1, 0.15) is 0 Å². The Morgan fingerprint density at radius 3 is 2.44 bits per heavy atom. The van der Waals surface area contributed by atoms with E-state index in [1.165, 1.54) is 6.92 Å². The molecule has 0 radical (unpaired) electrons. The van der Waals surface area contributed by atoms with Gasteiger partial charge in [0.05, 0.1) is 11.7 Å². The van der Waals surface area contributed by atoms with E-state index in [-0.39, 0.29) is 11.8 Å². The lowest BCUT2D eigenvalue weighted by molar-refractivity contribution is -0.140. The largest absolute Gasteiger partial charge is 0.481 e. The van der Waals surface area contributed by atoms with Crippen molar-refractivity contribution >= 4 is 16.0 Å². The highest BCUT2D eigenvalue weighted by molar-refractivity contribution is 7.89. The van der Waals surface area contributed by atoms with Crippen molar-refractivity contribution in [3.8, 4) is 0 Å². The maximum Gasteiger partial charge on any atom is 0.307 e. The van der Waals surface area contributed by atoms with Gasteiger partial charge in [0.15, 0.2) is 0 Å². The van der Waals surface area contributed by atoms with Crippen LogP contribution in [0.2, 0.25) is 0 Å². The molecule has 0 bridgehead atoms. The maximum absolute atomic E-state index is 11.6. The van der Waals surface area contributed by atoms with E-state index in [1.54, 1.807) is 0 Å². The zero-order chi connectivity index (χ0) is 12.2. The van der Waals surface area contributed by atoms with Crippen molar-refractivity contribution in [2.45, 2.75) is 45.1 Å². The highest BCUT2D eigenvalue weighted by atomic mass is 32.2. The van der Waals surface area contributed by atoms with Gasteiger partial charge in [-0.1, -0.05) is 26.2 Å². The molecule has 0 aromatic rings. The molecule has 1 aliphatic rings. The third-order valence-corrected chi connectivity index (χ3v) is 4.47. The predicted octanol–water partition coefficient (Wildman–Crippen LogP) is 0.959. The second-order valence-electron chi connectivity index (χ2n) is 4.47. The average Bonchev–Trinajstić information content (AvgIpc) is 2.17. The molecule has 5 nitrogen and oxygen atoms in total. The minimum atomic E-state index is -3.46. The van der Waals surface area contributed by atoms with Crippen LogP contribution >= 0.6 is 0 Å². The number of nitrogens with one attached hydrogen (secondary N) is 1. The van der Waals surface area contributed by atoms with Crippen LogP contribution in [0.15, 0.2) is 0 Å². The summed E-state index contributed by atoms with van der Waals surface area (Å²) in [4.78, 5) is 10.6. The second-order valence-corrected chi connectivity index (χ2v) is 6.27. The number of aliphatic carboxylic acids is 1. The van der Waals surface area contributed by atoms with Gasteiger partial charge in [0.25, 0.3) is 0 Å². The molecule has 0 amide bonds. The fourth-order valence-corrected chi connectivity index (χ4v) is 3.56. The molecule has 1 fully saturated rings. The molecular weight excluding hydrogens is 230 g/mol. The first kappa shape index (κ1) is 13.4. The van der Waals surface area contributed by atoms with E-state index in [1.807, 2.05) is 0 Å². The summed E-state index contributed by atoms with van der Waals surface area (Å²) in [5.41, 5.74) is 0. The molecule has 0 spiro atoms. The number of carbonyl (C=O) groups is 1. The SMILES string of the molecule is CC(CS(=O)(=O)NC1CCCCC1)C(=O)O. The summed E-state index contributed by atoms with van der Waals surface area (Å²) in [5.74, 6) is -2.27. The first-order chi connectivity index (χ1) is 7.41. The second kappa shape index (κ2) is 5.63. The Labute approximate surface area is 96.3 Å². The summed E-state index contributed by atoms with van der Waals surface area (Å²) in [5, 5.41) is 8.66. The number of rotatable bonds is 5. The lowest BCUT2D eigenvalue weighted by atomic mass is 9.96. The van der Waals surface area contributed by atoms with E-state index in [9.17, 15) is 13.2 Å². The summed E-state index contributed by atoms with van der Waals surface area (Å²) in [6.07, 6.45) is 4.97. The van der Waals surface area contributed by atoms with Gasteiger partial charge >= 0.3 is 5.97 Å². The molecule has 1 rings (SSSR count). The van der Waals surface area contributed by atoms with Gasteiger partial charge in [-0.15, -0.1) is 0 Å². The lowest BCUT2D eigenvalue weighted by Crippen LogP contribution is -2.39. The Hall–Kier alpha value is -0.620. The Bertz CT molecular complexity index is 333. The Morgan fingerprint density at radius 1 is 1.38 bits per heavy atom. The average molecular weight is 249 g/mol. The molecule has 0 aromatic carbocycles. The molecule has 2 N–H and O–H groups in total. The van der Waals surface area contributed by atoms with Crippen LogP contribution < -0.4 is 4.72 Å². The molecule has 1 atom stereocenters. The van der Waals surface area contributed by atoms with Gasteiger partial charge in [0, 0.05) is 6.04 Å². The summed E-state index contributed by atoms with van der Waals surface area (Å²) in [6, 6.07) is -0.000236. The maximum atomic E-state index is 11.6. The summed E-state index contributed by atoms with van der Waals surface area (Å²) in [6.45, 7) is 1.41. The van der Waals surface area contributed by atoms with E-state index in [4.69, 9.17) is 5.11 Å². The first-order valence-corrected chi connectivity index (χ1v) is 7.29. The number of carboxylic acid groups (broad SMARTS) is 1. The molecular formula is C10H19NO4S. The van der Waals surface area contributed by atoms with E-state index in [0.717, 1.165) is 32.1 Å². The van der Waals surface area contributed by atoms with E-state index in [2.05, 4.69) is 4.72 Å². The Morgan fingerprint density at radius 2 is 1.94 bits per heavy atom. The summed E-state index contributed by atoms with van der Waals surface area (Å²) in [7, 11) is -3.46. The molecule has 16 heavy (non-hydrogen) atoms. The van der Waals surface area contributed by atoms with Crippen LogP contribution in [0.5, 0.6) is 0 Å². The van der Waals surface area contributed by atoms with E-state index < -0.39 is 21.9 Å². The Kier molecular flexibility index (Phi) is 4.73. The number of carboxylic acids is 1. The van der Waals surface area contributed by atoms with Crippen molar-refractivity contribution in [2.75, 3.05) is 5.75 Å². The van der Waals surface area contributed by atoms with Gasteiger partial charge in [-0.2, -0.15) is 0 Å². The third-order valence-electron chi connectivity index (χ3n) is 2.84. The molecule has 1 aliphatic carbocycles. The third kappa shape index (κ3) is 4.49. The summed E-state index contributed by atoms with van der Waals surface area (Å²) >= 11 is 0. The number of hydrogen-bond donors (Lipinski definition) is 2.